The van der Waals surface area contributed by atoms with Gasteiger partial charge >= 0.3 is 0 Å². The molecule has 68 valence electrons. The highest BCUT2D eigenvalue weighted by molar-refractivity contribution is 7.16. The number of allylic oxidation sites excluding steroid dienone is 1. The third-order valence-electron chi connectivity index (χ3n) is 1.71. The molecule has 1 aliphatic rings. The molecule has 1 aromatic rings. The lowest BCUT2D eigenvalue weighted by atomic mass is 10.3. The first-order valence-electron chi connectivity index (χ1n) is 3.96. The van der Waals surface area contributed by atoms with E-state index in [0.717, 1.165) is 22.0 Å². The van der Waals surface area contributed by atoms with Crippen LogP contribution in [0.3, 0.4) is 0 Å². The quantitative estimate of drug-likeness (QED) is 0.731. The van der Waals surface area contributed by atoms with Crippen molar-refractivity contribution in [3.8, 4) is 5.75 Å². The molecule has 0 radical (unpaired) electrons. The third kappa shape index (κ3) is 1.58. The molecule has 0 aromatic carbocycles. The van der Waals surface area contributed by atoms with Gasteiger partial charge in [0.05, 0.1) is 0 Å². The van der Waals surface area contributed by atoms with E-state index in [1.54, 1.807) is 0 Å². The fraction of sp³-hybridized carbons (Fsp3) is 0.222. The van der Waals surface area contributed by atoms with Crippen LogP contribution in [0.5, 0.6) is 5.75 Å². The Morgan fingerprint density at radius 2 is 2.62 bits per heavy atom. The first-order chi connectivity index (χ1) is 6.29. The molecule has 13 heavy (non-hydrogen) atoms. The lowest BCUT2D eigenvalue weighted by molar-refractivity contribution is -0.118. The highest BCUT2D eigenvalue weighted by Gasteiger charge is 2.18. The number of hydrogen-bond acceptors (Lipinski definition) is 3. The Balaban J connectivity index is 2.27. The van der Waals surface area contributed by atoms with Crippen molar-refractivity contribution in [1.82, 2.24) is 0 Å². The highest BCUT2D eigenvalue weighted by Crippen LogP contribution is 2.37. The Bertz CT molecular complexity index is 356. The molecule has 0 saturated heterocycles. The minimum atomic E-state index is -0.0838. The molecule has 0 aliphatic carbocycles. The summed E-state index contributed by atoms with van der Waals surface area (Å²) in [5.74, 6) is 0.695. The van der Waals surface area contributed by atoms with Crippen molar-refractivity contribution in [1.29, 1.82) is 0 Å². The summed E-state index contributed by atoms with van der Waals surface area (Å²) in [5.41, 5.74) is 0. The van der Waals surface area contributed by atoms with E-state index in [2.05, 4.69) is 11.9 Å². The van der Waals surface area contributed by atoms with Gasteiger partial charge in [-0.3, -0.25) is 4.79 Å². The van der Waals surface area contributed by atoms with Crippen LogP contribution in [0, 0.1) is 0 Å². The molecule has 0 bridgehead atoms. The number of hydrogen-bond donors (Lipinski definition) is 1. The van der Waals surface area contributed by atoms with Crippen LogP contribution < -0.4 is 10.1 Å². The van der Waals surface area contributed by atoms with Crippen LogP contribution in [0.2, 0.25) is 0 Å². The van der Waals surface area contributed by atoms with Crippen molar-refractivity contribution in [3.63, 3.8) is 0 Å². The van der Waals surface area contributed by atoms with Crippen molar-refractivity contribution in [2.24, 2.45) is 0 Å². The topological polar surface area (TPSA) is 38.3 Å². The molecule has 4 heteroatoms. The highest BCUT2D eigenvalue weighted by atomic mass is 32.1. The third-order valence-corrected chi connectivity index (χ3v) is 2.76. The van der Waals surface area contributed by atoms with Gasteiger partial charge in [0, 0.05) is 4.88 Å². The molecule has 0 fully saturated rings. The van der Waals surface area contributed by atoms with Gasteiger partial charge in [-0.1, -0.05) is 6.08 Å². The maximum atomic E-state index is 10.9. The second kappa shape index (κ2) is 3.22. The summed E-state index contributed by atoms with van der Waals surface area (Å²) in [4.78, 5) is 12.1. The van der Waals surface area contributed by atoms with Gasteiger partial charge in [0.15, 0.2) is 12.4 Å². The van der Waals surface area contributed by atoms with Crippen LogP contribution in [0.15, 0.2) is 18.7 Å². The number of fused-ring (bicyclic) bond motifs is 1. The van der Waals surface area contributed by atoms with Gasteiger partial charge in [0.2, 0.25) is 0 Å². The monoisotopic (exact) mass is 195 g/mol. The van der Waals surface area contributed by atoms with E-state index in [1.807, 2.05) is 12.1 Å². The molecule has 0 saturated carbocycles. The van der Waals surface area contributed by atoms with Crippen molar-refractivity contribution < 1.29 is 9.53 Å². The van der Waals surface area contributed by atoms with Gasteiger partial charge in [0.1, 0.15) is 5.00 Å². The van der Waals surface area contributed by atoms with Crippen molar-refractivity contribution in [2.45, 2.75) is 6.42 Å². The first kappa shape index (κ1) is 8.31. The summed E-state index contributed by atoms with van der Waals surface area (Å²) in [5, 5.41) is 3.57. The molecule has 0 unspecified atom stereocenters. The number of anilines is 1. The van der Waals surface area contributed by atoms with Crippen LogP contribution in [-0.2, 0) is 11.2 Å². The van der Waals surface area contributed by atoms with Gasteiger partial charge in [-0.2, -0.15) is 0 Å². The first-order valence-corrected chi connectivity index (χ1v) is 4.77. The maximum Gasteiger partial charge on any atom is 0.263 e. The fourth-order valence-corrected chi connectivity index (χ4v) is 2.18. The molecule has 1 aliphatic heterocycles. The maximum absolute atomic E-state index is 10.9. The van der Waals surface area contributed by atoms with Gasteiger partial charge in [-0.15, -0.1) is 17.9 Å². The number of nitrogens with one attached hydrogen (secondary N) is 1. The van der Waals surface area contributed by atoms with Crippen LogP contribution in [0.1, 0.15) is 4.88 Å². The van der Waals surface area contributed by atoms with E-state index in [1.165, 1.54) is 11.3 Å². The Kier molecular flexibility index (Phi) is 2.06. The molecular weight excluding hydrogens is 186 g/mol. The van der Waals surface area contributed by atoms with E-state index in [9.17, 15) is 4.79 Å². The molecule has 0 spiro atoms. The molecular formula is C9H9NO2S. The molecule has 1 N–H and O–H groups in total. The van der Waals surface area contributed by atoms with Crippen LogP contribution in [-0.4, -0.2) is 12.5 Å². The second-order valence-corrected chi connectivity index (χ2v) is 3.87. The normalized spacial score (nSPS) is 14.3. The van der Waals surface area contributed by atoms with Gasteiger partial charge in [-0.05, 0) is 12.5 Å². The van der Waals surface area contributed by atoms with Gasteiger partial charge < -0.3 is 10.1 Å². The standard InChI is InChI=1S/C9H9NO2S/c1-2-3-6-4-7-9(13-6)10-8(11)5-12-7/h2,4H,1,3,5H2,(H,10,11). The summed E-state index contributed by atoms with van der Waals surface area (Å²) in [6.07, 6.45) is 2.65. The molecule has 1 aromatic heterocycles. The Morgan fingerprint density at radius 3 is 3.38 bits per heavy atom. The summed E-state index contributed by atoms with van der Waals surface area (Å²) in [6, 6.07) is 1.95. The number of amides is 1. The van der Waals surface area contributed by atoms with Crippen molar-refractivity contribution in [2.75, 3.05) is 11.9 Å². The molecule has 3 nitrogen and oxygen atoms in total. The van der Waals surface area contributed by atoms with E-state index >= 15 is 0 Å². The Labute approximate surface area is 80.0 Å². The summed E-state index contributed by atoms with van der Waals surface area (Å²) in [7, 11) is 0. The van der Waals surface area contributed by atoms with Crippen molar-refractivity contribution >= 4 is 22.2 Å². The minimum absolute atomic E-state index is 0.0838. The zero-order chi connectivity index (χ0) is 9.26. The zero-order valence-electron chi connectivity index (χ0n) is 7.00. The van der Waals surface area contributed by atoms with Crippen LogP contribution in [0.4, 0.5) is 5.00 Å². The van der Waals surface area contributed by atoms with Gasteiger partial charge in [-0.25, -0.2) is 0 Å². The van der Waals surface area contributed by atoms with Crippen molar-refractivity contribution in [3.05, 3.63) is 23.6 Å². The SMILES string of the molecule is C=CCc1cc2c(s1)NC(=O)CO2. The predicted octanol–water partition coefficient (Wildman–Crippen LogP) is 1.81. The summed E-state index contributed by atoms with van der Waals surface area (Å²) in [6.45, 7) is 3.78. The van der Waals surface area contributed by atoms with E-state index < -0.39 is 0 Å². The zero-order valence-corrected chi connectivity index (χ0v) is 7.82. The smallest absolute Gasteiger partial charge is 0.263 e. The van der Waals surface area contributed by atoms with Crippen LogP contribution in [0.25, 0.3) is 0 Å². The summed E-state index contributed by atoms with van der Waals surface area (Å²) >= 11 is 1.54. The average Bonchev–Trinajstić information content (AvgIpc) is 2.46. The number of carbonyl (C=O) groups is 1. The minimum Gasteiger partial charge on any atom is -0.481 e. The number of carbonyl (C=O) groups excluding carboxylic acids is 1. The van der Waals surface area contributed by atoms with Crippen LogP contribution >= 0.6 is 11.3 Å². The second-order valence-electron chi connectivity index (χ2n) is 2.74. The van der Waals surface area contributed by atoms with E-state index in [4.69, 9.17) is 4.74 Å². The number of thiophene rings is 1. The number of rotatable bonds is 2. The molecule has 1 amide bonds. The lowest BCUT2D eigenvalue weighted by Crippen LogP contribution is -2.23. The fourth-order valence-electron chi connectivity index (χ4n) is 1.17. The Morgan fingerprint density at radius 1 is 1.77 bits per heavy atom. The van der Waals surface area contributed by atoms with Gasteiger partial charge in [0.25, 0.3) is 5.91 Å². The largest absolute Gasteiger partial charge is 0.481 e. The van der Waals surface area contributed by atoms with E-state index in [0.29, 0.717) is 0 Å². The molecule has 0 atom stereocenters. The van der Waals surface area contributed by atoms with E-state index in [-0.39, 0.29) is 12.5 Å². The predicted molar refractivity (Wildman–Crippen MR) is 52.3 cm³/mol. The summed E-state index contributed by atoms with van der Waals surface area (Å²) < 4.78 is 5.23. The Hall–Kier alpha value is -1.29. The molecule has 2 heterocycles. The average molecular weight is 195 g/mol. The molecule has 2 rings (SSSR count). The lowest BCUT2D eigenvalue weighted by Gasteiger charge is -2.12. The number of ether oxygens (including phenoxy) is 1.